The fourth-order valence-electron chi connectivity index (χ4n) is 3.35. The minimum Gasteiger partial charge on any atom is -0.205 e. The van der Waals surface area contributed by atoms with E-state index in [4.69, 9.17) is 5.26 Å². The zero-order chi connectivity index (χ0) is 19.2. The summed E-state index contributed by atoms with van der Waals surface area (Å²) in [6.45, 7) is 2.25. The first-order valence-corrected chi connectivity index (χ1v) is 9.23. The molecule has 0 saturated carbocycles. The zero-order valence-electron chi connectivity index (χ0n) is 15.4. The summed E-state index contributed by atoms with van der Waals surface area (Å²) >= 11 is 0. The van der Waals surface area contributed by atoms with Gasteiger partial charge in [0.1, 0.15) is 28.8 Å². The van der Waals surface area contributed by atoms with Crippen LogP contribution in [0.15, 0.2) is 60.2 Å². The lowest BCUT2D eigenvalue weighted by Gasteiger charge is -2.15. The molecule has 1 aliphatic rings. The Balaban J connectivity index is 1.59. The third kappa shape index (κ3) is 4.86. The number of benzene rings is 2. The highest BCUT2D eigenvalue weighted by molar-refractivity contribution is 5.37. The Bertz CT molecular complexity index is 878. The third-order valence-corrected chi connectivity index (χ3v) is 4.90. The van der Waals surface area contributed by atoms with E-state index in [9.17, 15) is 8.78 Å². The molecule has 1 aliphatic carbocycles. The molecule has 0 fully saturated rings. The van der Waals surface area contributed by atoms with Gasteiger partial charge in [-0.2, -0.15) is 5.26 Å². The number of rotatable bonds is 6. The first-order chi connectivity index (χ1) is 13.1. The third-order valence-electron chi connectivity index (χ3n) is 4.90. The predicted octanol–water partition coefficient (Wildman–Crippen LogP) is 6.09. The van der Waals surface area contributed by atoms with Crippen molar-refractivity contribution < 1.29 is 8.78 Å². The molecule has 0 heterocycles. The van der Waals surface area contributed by atoms with Crippen molar-refractivity contribution in [2.45, 2.75) is 32.6 Å². The van der Waals surface area contributed by atoms with Crippen molar-refractivity contribution in [3.8, 4) is 6.07 Å². The Kier molecular flexibility index (Phi) is 6.08. The van der Waals surface area contributed by atoms with Crippen LogP contribution in [0.25, 0.3) is 0 Å². The van der Waals surface area contributed by atoms with Crippen molar-refractivity contribution >= 4 is 0 Å². The molecule has 1 atom stereocenters. The zero-order valence-corrected chi connectivity index (χ0v) is 15.4. The summed E-state index contributed by atoms with van der Waals surface area (Å²) in [6, 6.07) is 12.3. The lowest BCUT2D eigenvalue weighted by atomic mass is 9.90. The van der Waals surface area contributed by atoms with Crippen LogP contribution in [0.3, 0.4) is 0 Å². The van der Waals surface area contributed by atoms with Gasteiger partial charge in [-0.25, -0.2) is 8.78 Å². The van der Waals surface area contributed by atoms with Crippen LogP contribution < -0.4 is 0 Å². The molecule has 0 aromatic heterocycles. The van der Waals surface area contributed by atoms with Crippen LogP contribution in [0.2, 0.25) is 0 Å². The summed E-state index contributed by atoms with van der Waals surface area (Å²) in [4.78, 5) is 0. The Hall–Kier alpha value is -2.86. The molecule has 0 aliphatic heterocycles. The maximum Gasteiger partial charge on any atom is 0.144 e. The molecule has 0 bridgehead atoms. The van der Waals surface area contributed by atoms with E-state index >= 15 is 0 Å². The number of nitrogens with zero attached hydrogens (tertiary/aromatic N) is 1. The smallest absolute Gasteiger partial charge is 0.144 e. The van der Waals surface area contributed by atoms with E-state index in [2.05, 4.69) is 37.3 Å². The maximum atomic E-state index is 13.7. The van der Waals surface area contributed by atoms with Crippen molar-refractivity contribution in [3.63, 3.8) is 0 Å². The molecule has 3 rings (SSSR count). The largest absolute Gasteiger partial charge is 0.205 e. The van der Waals surface area contributed by atoms with Crippen LogP contribution >= 0.6 is 0 Å². The monoisotopic (exact) mass is 362 g/mol. The molecule has 0 radical (unpaired) electrons. The lowest BCUT2D eigenvalue weighted by Crippen LogP contribution is -2.04. The Morgan fingerprint density at radius 2 is 1.78 bits per heavy atom. The van der Waals surface area contributed by atoms with Gasteiger partial charge in [-0.15, -0.1) is 0 Å². The molecular weight excluding hydrogens is 340 g/mol. The van der Waals surface area contributed by atoms with Gasteiger partial charge in [-0.3, -0.25) is 0 Å². The molecule has 0 N–H and O–H groups in total. The van der Waals surface area contributed by atoms with E-state index in [-0.39, 0.29) is 0 Å². The van der Waals surface area contributed by atoms with Crippen LogP contribution in [0.1, 0.15) is 42.0 Å². The van der Waals surface area contributed by atoms with E-state index in [1.807, 2.05) is 18.6 Å². The highest BCUT2D eigenvalue weighted by Gasteiger charge is 2.13. The summed E-state index contributed by atoms with van der Waals surface area (Å²) < 4.78 is 27.4. The first kappa shape index (κ1) is 18.9. The minimum absolute atomic E-state index is 0.410. The summed E-state index contributed by atoms with van der Waals surface area (Å²) in [5.74, 6) is -1.13. The van der Waals surface area contributed by atoms with Crippen LogP contribution in [0.4, 0.5) is 8.78 Å². The fraction of sp³-hybridized carbons (Fsp3) is 0.250. The van der Waals surface area contributed by atoms with Gasteiger partial charge in [0.2, 0.25) is 0 Å². The molecule has 0 saturated heterocycles. The van der Waals surface area contributed by atoms with Gasteiger partial charge in [0.25, 0.3) is 0 Å². The van der Waals surface area contributed by atoms with E-state index < -0.39 is 17.2 Å². The van der Waals surface area contributed by atoms with Crippen molar-refractivity contribution in [2.75, 3.05) is 0 Å². The SMILES string of the molecule is C[C@@H](Cc1ccc([CH+]Cc2cc(F)c(C#N)c(F)c2)cc1)C1=CCCC=C1. The lowest BCUT2D eigenvalue weighted by molar-refractivity contribution is 0.574. The van der Waals surface area contributed by atoms with Gasteiger partial charge < -0.3 is 0 Å². The number of allylic oxidation sites excluding steroid dienone is 4. The Labute approximate surface area is 159 Å². The highest BCUT2D eigenvalue weighted by Crippen LogP contribution is 2.23. The first-order valence-electron chi connectivity index (χ1n) is 9.23. The quantitative estimate of drug-likeness (QED) is 0.571. The van der Waals surface area contributed by atoms with Crippen molar-refractivity contribution in [1.82, 2.24) is 0 Å². The number of hydrogen-bond donors (Lipinski definition) is 0. The summed E-state index contributed by atoms with van der Waals surface area (Å²) in [5.41, 5.74) is 3.67. The number of halogens is 2. The molecule has 0 spiro atoms. The van der Waals surface area contributed by atoms with Gasteiger partial charge >= 0.3 is 0 Å². The molecule has 2 aromatic carbocycles. The highest BCUT2D eigenvalue weighted by atomic mass is 19.1. The molecular formula is C24H22F2N+. The van der Waals surface area contributed by atoms with Crippen LogP contribution in [0.5, 0.6) is 0 Å². The summed E-state index contributed by atoms with van der Waals surface area (Å²) in [7, 11) is 0. The van der Waals surface area contributed by atoms with E-state index in [0.717, 1.165) is 24.8 Å². The van der Waals surface area contributed by atoms with Gasteiger partial charge in [-0.1, -0.05) is 25.2 Å². The molecule has 1 nitrogen and oxygen atoms in total. The molecule has 0 unspecified atom stereocenters. The minimum atomic E-state index is -0.809. The average molecular weight is 362 g/mol. The van der Waals surface area contributed by atoms with E-state index in [1.54, 1.807) is 6.07 Å². The molecule has 27 heavy (non-hydrogen) atoms. The average Bonchev–Trinajstić information content (AvgIpc) is 2.68. The molecule has 136 valence electrons. The second kappa shape index (κ2) is 8.68. The van der Waals surface area contributed by atoms with Gasteiger partial charge in [0.15, 0.2) is 0 Å². The van der Waals surface area contributed by atoms with Crippen molar-refractivity contribution in [1.29, 1.82) is 5.26 Å². The van der Waals surface area contributed by atoms with Crippen LogP contribution in [-0.4, -0.2) is 0 Å². The van der Waals surface area contributed by atoms with Gasteiger partial charge in [0.05, 0.1) is 0 Å². The number of nitriles is 1. The standard InChI is InChI=1S/C24H22F2N/c1-17(21-5-3-2-4-6-21)13-19-10-7-18(8-11-19)9-12-20-14-23(25)22(16-27)24(26)15-20/h3,5-11,14-15,17H,2,4,12-13H2,1H3/q+1/t17-/m0/s1. The van der Waals surface area contributed by atoms with Crippen molar-refractivity contribution in [3.05, 3.63) is 101 Å². The van der Waals surface area contributed by atoms with Crippen LogP contribution in [0, 0.1) is 35.3 Å². The van der Waals surface area contributed by atoms with Crippen LogP contribution in [-0.2, 0) is 12.8 Å². The normalized spacial score (nSPS) is 14.4. The predicted molar refractivity (Wildman–Crippen MR) is 104 cm³/mol. The summed E-state index contributed by atoms with van der Waals surface area (Å²) in [5, 5.41) is 8.72. The van der Waals surface area contributed by atoms with Gasteiger partial charge in [0, 0.05) is 25.0 Å². The van der Waals surface area contributed by atoms with E-state index in [0.29, 0.717) is 17.9 Å². The molecule has 0 amide bonds. The molecule has 3 heteroatoms. The molecule has 2 aromatic rings. The second-order valence-electron chi connectivity index (χ2n) is 6.99. The summed E-state index contributed by atoms with van der Waals surface area (Å²) in [6.07, 6.45) is 12.4. The maximum absolute atomic E-state index is 13.7. The topological polar surface area (TPSA) is 23.8 Å². The van der Waals surface area contributed by atoms with E-state index in [1.165, 1.54) is 23.3 Å². The van der Waals surface area contributed by atoms with Crippen molar-refractivity contribution in [2.24, 2.45) is 5.92 Å². The Morgan fingerprint density at radius 3 is 2.37 bits per heavy atom. The second-order valence-corrected chi connectivity index (χ2v) is 6.99. The Morgan fingerprint density at radius 1 is 1.07 bits per heavy atom. The van der Waals surface area contributed by atoms with Gasteiger partial charge in [-0.05, 0) is 66.1 Å². The number of hydrogen-bond acceptors (Lipinski definition) is 1. The fourth-order valence-corrected chi connectivity index (χ4v) is 3.35.